The number of carbonyl (C=O) groups excluding carboxylic acids is 1. The third-order valence-corrected chi connectivity index (χ3v) is 5.07. The summed E-state index contributed by atoms with van der Waals surface area (Å²) in [4.78, 5) is 19.3. The van der Waals surface area contributed by atoms with Gasteiger partial charge in [-0.25, -0.2) is 0 Å². The van der Waals surface area contributed by atoms with Gasteiger partial charge >= 0.3 is 0 Å². The van der Waals surface area contributed by atoms with Crippen LogP contribution in [0.2, 0.25) is 0 Å². The van der Waals surface area contributed by atoms with Gasteiger partial charge in [-0.1, -0.05) is 46.3 Å². The molecule has 1 aliphatic rings. The molecule has 0 spiro atoms. The molecular formula is C18H11BrN4O2S. The Bertz CT molecular complexity index is 1100. The van der Waals surface area contributed by atoms with Gasteiger partial charge in [0.05, 0.1) is 10.4 Å². The van der Waals surface area contributed by atoms with Crippen LogP contribution in [0.3, 0.4) is 0 Å². The molecule has 2 N–H and O–H groups in total. The molecule has 1 aliphatic heterocycles. The second-order valence-corrected chi connectivity index (χ2v) is 7.35. The van der Waals surface area contributed by atoms with Crippen LogP contribution in [0.15, 0.2) is 73.1 Å². The molecule has 128 valence electrons. The van der Waals surface area contributed by atoms with Crippen LogP contribution < -0.4 is 0 Å². The second-order valence-electron chi connectivity index (χ2n) is 5.43. The predicted molar refractivity (Wildman–Crippen MR) is 107 cm³/mol. The first-order valence-electron chi connectivity index (χ1n) is 7.60. The van der Waals surface area contributed by atoms with E-state index in [0.717, 1.165) is 32.7 Å². The lowest BCUT2D eigenvalue weighted by Gasteiger charge is -1.96. The van der Waals surface area contributed by atoms with Crippen molar-refractivity contribution >= 4 is 61.4 Å². The Balaban J connectivity index is 1.57. The fourth-order valence-corrected chi connectivity index (χ4v) is 3.46. The number of aliphatic imine (C=N–C) groups is 1. The number of H-pyrrole nitrogens is 1. The third kappa shape index (κ3) is 3.33. The number of thioether (sulfide) groups is 1. The molecule has 0 radical (unpaired) electrons. The topological polar surface area (TPSA) is 90.2 Å². The molecule has 0 saturated heterocycles. The summed E-state index contributed by atoms with van der Waals surface area (Å²) < 4.78 is 0.967. The second kappa shape index (κ2) is 6.89. The number of hydrogen-bond donors (Lipinski definition) is 2. The monoisotopic (exact) mass is 426 g/mol. The fourth-order valence-electron chi connectivity index (χ4n) is 2.46. The van der Waals surface area contributed by atoms with Crippen molar-refractivity contribution in [1.29, 1.82) is 0 Å². The highest BCUT2D eigenvalue weighted by Gasteiger charge is 2.22. The molecule has 26 heavy (non-hydrogen) atoms. The Kier molecular flexibility index (Phi) is 4.44. The van der Waals surface area contributed by atoms with Crippen LogP contribution in [0.4, 0.5) is 5.69 Å². The van der Waals surface area contributed by atoms with Crippen molar-refractivity contribution < 1.29 is 9.90 Å². The van der Waals surface area contributed by atoms with Crippen LogP contribution in [0.1, 0.15) is 5.56 Å². The summed E-state index contributed by atoms with van der Waals surface area (Å²) in [7, 11) is 0. The van der Waals surface area contributed by atoms with Crippen molar-refractivity contribution in [3.05, 3.63) is 63.5 Å². The standard InChI is InChI=1S/C18H11BrN4O2S/c19-11-7-5-10(6-8-11)9-14-16(24)21-18(26-14)23-22-15-12-3-1-2-4-13(12)20-17(15)25/h1-9,20,25H/b14-9+,23-22?. The lowest BCUT2D eigenvalue weighted by Crippen LogP contribution is -1.87. The van der Waals surface area contributed by atoms with E-state index in [9.17, 15) is 9.90 Å². The highest BCUT2D eigenvalue weighted by molar-refractivity contribution is 9.10. The fraction of sp³-hybridized carbons (Fsp3) is 0. The van der Waals surface area contributed by atoms with Gasteiger partial charge in [0.15, 0.2) is 5.69 Å². The summed E-state index contributed by atoms with van der Waals surface area (Å²) in [6.45, 7) is 0. The molecule has 6 nitrogen and oxygen atoms in total. The number of halogens is 1. The molecule has 0 atom stereocenters. The normalized spacial score (nSPS) is 16.1. The zero-order valence-corrected chi connectivity index (χ0v) is 15.6. The number of fused-ring (bicyclic) bond motifs is 1. The minimum atomic E-state index is -0.352. The van der Waals surface area contributed by atoms with Crippen molar-refractivity contribution in [2.75, 3.05) is 0 Å². The maximum absolute atomic E-state index is 12.1. The number of nitrogens with one attached hydrogen (secondary N) is 1. The van der Waals surface area contributed by atoms with E-state index in [1.165, 1.54) is 0 Å². The number of carbonyl (C=O) groups is 1. The number of aromatic nitrogens is 1. The smallest absolute Gasteiger partial charge is 0.286 e. The van der Waals surface area contributed by atoms with Crippen LogP contribution in [-0.2, 0) is 4.79 Å². The van der Waals surface area contributed by atoms with Crippen molar-refractivity contribution in [2.24, 2.45) is 15.2 Å². The number of hydrogen-bond acceptors (Lipinski definition) is 5. The largest absolute Gasteiger partial charge is 0.493 e. The Morgan fingerprint density at radius 2 is 1.88 bits per heavy atom. The molecule has 0 saturated carbocycles. The van der Waals surface area contributed by atoms with Crippen LogP contribution in [0.25, 0.3) is 17.0 Å². The molecular weight excluding hydrogens is 416 g/mol. The number of para-hydroxylation sites is 1. The minimum absolute atomic E-state index is 0.0736. The number of benzene rings is 2. The number of amides is 1. The van der Waals surface area contributed by atoms with Gasteiger partial charge in [-0.3, -0.25) is 4.79 Å². The number of nitrogens with zero attached hydrogens (tertiary/aromatic N) is 3. The summed E-state index contributed by atoms with van der Waals surface area (Å²) in [6.07, 6.45) is 1.76. The minimum Gasteiger partial charge on any atom is -0.493 e. The zero-order chi connectivity index (χ0) is 18.1. The van der Waals surface area contributed by atoms with Gasteiger partial charge in [0, 0.05) is 9.86 Å². The molecule has 3 aromatic rings. The molecule has 2 heterocycles. The summed E-state index contributed by atoms with van der Waals surface area (Å²) in [5.41, 5.74) is 1.97. The SMILES string of the molecule is O=C1N=C(N=Nc2c(O)[nH]c3ccccc23)S/C1=C/c1ccc(Br)cc1. The van der Waals surface area contributed by atoms with E-state index in [1.54, 1.807) is 6.08 Å². The molecule has 4 rings (SSSR count). The highest BCUT2D eigenvalue weighted by atomic mass is 79.9. The molecule has 8 heteroatoms. The first-order chi connectivity index (χ1) is 12.6. The van der Waals surface area contributed by atoms with Crippen molar-refractivity contribution in [2.45, 2.75) is 0 Å². The Labute approximate surface area is 160 Å². The van der Waals surface area contributed by atoms with E-state index < -0.39 is 0 Å². The van der Waals surface area contributed by atoms with Gasteiger partial charge in [-0.2, -0.15) is 4.99 Å². The van der Waals surface area contributed by atoms with Gasteiger partial charge in [0.2, 0.25) is 11.0 Å². The van der Waals surface area contributed by atoms with Crippen molar-refractivity contribution in [1.82, 2.24) is 4.98 Å². The third-order valence-electron chi connectivity index (χ3n) is 3.67. The van der Waals surface area contributed by atoms with Crippen LogP contribution in [0.5, 0.6) is 5.88 Å². The number of rotatable bonds is 2. The molecule has 2 aromatic carbocycles. The Hall–Kier alpha value is -2.71. The first-order valence-corrected chi connectivity index (χ1v) is 9.20. The van der Waals surface area contributed by atoms with E-state index >= 15 is 0 Å². The molecule has 0 bridgehead atoms. The summed E-state index contributed by atoms with van der Waals surface area (Å²) >= 11 is 4.52. The van der Waals surface area contributed by atoms with Crippen molar-refractivity contribution in [3.63, 3.8) is 0 Å². The van der Waals surface area contributed by atoms with E-state index in [-0.39, 0.29) is 17.0 Å². The average Bonchev–Trinajstić information content (AvgIpc) is 3.14. The molecule has 1 amide bonds. The quantitative estimate of drug-likeness (QED) is 0.424. The van der Waals surface area contributed by atoms with E-state index in [1.807, 2.05) is 48.5 Å². The molecule has 0 fully saturated rings. The summed E-state index contributed by atoms with van der Waals surface area (Å²) in [5.74, 6) is -0.425. The number of aromatic amines is 1. The first kappa shape index (κ1) is 16.7. The lowest BCUT2D eigenvalue weighted by molar-refractivity contribution is -0.113. The number of azo groups is 1. The number of amidine groups is 1. The lowest BCUT2D eigenvalue weighted by atomic mass is 10.2. The molecule has 0 aliphatic carbocycles. The number of aromatic hydroxyl groups is 1. The average molecular weight is 427 g/mol. The van der Waals surface area contributed by atoms with E-state index in [0.29, 0.717) is 10.6 Å². The Morgan fingerprint density at radius 3 is 2.69 bits per heavy atom. The van der Waals surface area contributed by atoms with Gasteiger partial charge in [-0.05, 0) is 41.6 Å². The maximum atomic E-state index is 12.1. The van der Waals surface area contributed by atoms with Gasteiger partial charge in [-0.15, -0.1) is 10.2 Å². The van der Waals surface area contributed by atoms with Gasteiger partial charge in [0.25, 0.3) is 5.91 Å². The highest BCUT2D eigenvalue weighted by Crippen LogP contribution is 2.36. The zero-order valence-electron chi connectivity index (χ0n) is 13.2. The summed E-state index contributed by atoms with van der Waals surface area (Å²) in [5, 5.41) is 19.1. The van der Waals surface area contributed by atoms with Crippen molar-refractivity contribution in [3.8, 4) is 5.88 Å². The molecule has 0 unspecified atom stereocenters. The van der Waals surface area contributed by atoms with Gasteiger partial charge in [0.1, 0.15) is 0 Å². The van der Waals surface area contributed by atoms with Crippen LogP contribution in [-0.4, -0.2) is 21.2 Å². The van der Waals surface area contributed by atoms with Crippen LogP contribution in [0, 0.1) is 0 Å². The van der Waals surface area contributed by atoms with E-state index in [4.69, 9.17) is 0 Å². The molecule has 1 aromatic heterocycles. The van der Waals surface area contributed by atoms with Gasteiger partial charge < -0.3 is 10.1 Å². The Morgan fingerprint density at radius 1 is 1.12 bits per heavy atom. The predicted octanol–water partition coefficient (Wildman–Crippen LogP) is 5.39. The van der Waals surface area contributed by atoms with Crippen LogP contribution >= 0.6 is 27.7 Å². The maximum Gasteiger partial charge on any atom is 0.286 e. The summed E-state index contributed by atoms with van der Waals surface area (Å²) in [6, 6.07) is 15.0. The van der Waals surface area contributed by atoms with E-state index in [2.05, 4.69) is 36.1 Å².